The molecule has 7 heteroatoms. The van der Waals surface area contributed by atoms with Gasteiger partial charge in [0.2, 0.25) is 0 Å². The molecule has 0 saturated carbocycles. The summed E-state index contributed by atoms with van der Waals surface area (Å²) >= 11 is 0. The molecule has 0 N–H and O–H groups in total. The van der Waals surface area contributed by atoms with E-state index < -0.39 is 9.85 Å². The molecule has 0 aliphatic carbocycles. The standard InChI is InChI=1S/C27H20N2O5/c30-27(21-13-9-19(10-14-21)17-23-5-1-3-7-25(23)28(31)32)22-15-11-20(12-16-22)18-24-6-2-4-8-26(24)29(33)34/h1-16H,17-18H2. The van der Waals surface area contributed by atoms with Gasteiger partial charge in [0.15, 0.2) is 5.78 Å². The van der Waals surface area contributed by atoms with Gasteiger partial charge in [-0.05, 0) is 11.1 Å². The molecule has 7 nitrogen and oxygen atoms in total. The fourth-order valence-corrected chi connectivity index (χ4v) is 3.83. The van der Waals surface area contributed by atoms with E-state index in [-0.39, 0.29) is 17.2 Å². The Morgan fingerprint density at radius 2 is 0.912 bits per heavy atom. The topological polar surface area (TPSA) is 103 Å². The van der Waals surface area contributed by atoms with Gasteiger partial charge in [0.1, 0.15) is 0 Å². The number of carbonyl (C=O) groups excluding carboxylic acids is 1. The molecule has 0 heterocycles. The highest BCUT2D eigenvalue weighted by Crippen LogP contribution is 2.23. The lowest BCUT2D eigenvalue weighted by atomic mass is 9.97. The van der Waals surface area contributed by atoms with E-state index in [0.717, 1.165) is 11.1 Å². The summed E-state index contributed by atoms with van der Waals surface area (Å²) in [6, 6.07) is 27.3. The fraction of sp³-hybridized carbons (Fsp3) is 0.0741. The third-order valence-electron chi connectivity index (χ3n) is 5.60. The van der Waals surface area contributed by atoms with Crippen molar-refractivity contribution in [3.63, 3.8) is 0 Å². The average Bonchev–Trinajstić information content (AvgIpc) is 2.85. The molecular formula is C27H20N2O5. The first kappa shape index (κ1) is 22.5. The van der Waals surface area contributed by atoms with Gasteiger partial charge in [-0.1, -0.05) is 84.9 Å². The molecule has 4 rings (SSSR count). The Morgan fingerprint density at radius 3 is 1.26 bits per heavy atom. The van der Waals surface area contributed by atoms with E-state index in [2.05, 4.69) is 0 Å². The predicted molar refractivity (Wildman–Crippen MR) is 128 cm³/mol. The molecule has 0 bridgehead atoms. The average molecular weight is 452 g/mol. The van der Waals surface area contributed by atoms with Crippen LogP contribution in [0.15, 0.2) is 97.1 Å². The zero-order valence-electron chi connectivity index (χ0n) is 18.1. The van der Waals surface area contributed by atoms with Crippen molar-refractivity contribution >= 4 is 17.2 Å². The number of nitrogens with zero attached hydrogens (tertiary/aromatic N) is 2. The molecule has 0 fully saturated rings. The second-order valence-corrected chi connectivity index (χ2v) is 7.85. The van der Waals surface area contributed by atoms with Crippen LogP contribution in [0, 0.1) is 20.2 Å². The summed E-state index contributed by atoms with van der Waals surface area (Å²) in [6.07, 6.45) is 0.790. The number of nitro groups is 2. The van der Waals surface area contributed by atoms with Crippen molar-refractivity contribution in [3.8, 4) is 0 Å². The highest BCUT2D eigenvalue weighted by atomic mass is 16.6. The molecule has 34 heavy (non-hydrogen) atoms. The van der Waals surface area contributed by atoms with Gasteiger partial charge in [-0.2, -0.15) is 0 Å². The van der Waals surface area contributed by atoms with Gasteiger partial charge in [0.05, 0.1) is 9.85 Å². The summed E-state index contributed by atoms with van der Waals surface area (Å²) in [4.78, 5) is 34.5. The Balaban J connectivity index is 1.46. The molecule has 0 saturated heterocycles. The van der Waals surface area contributed by atoms with Crippen LogP contribution in [0.25, 0.3) is 0 Å². The fourth-order valence-electron chi connectivity index (χ4n) is 3.83. The van der Waals surface area contributed by atoms with Crippen molar-refractivity contribution in [2.45, 2.75) is 12.8 Å². The maximum Gasteiger partial charge on any atom is 0.272 e. The zero-order valence-corrected chi connectivity index (χ0v) is 18.1. The van der Waals surface area contributed by atoms with E-state index in [1.165, 1.54) is 12.1 Å². The Labute approximate surface area is 195 Å². The molecule has 0 spiro atoms. The summed E-state index contributed by atoms with van der Waals surface area (Å²) in [5.74, 6) is -0.144. The van der Waals surface area contributed by atoms with Crippen LogP contribution in [0.1, 0.15) is 38.2 Å². The van der Waals surface area contributed by atoms with Crippen LogP contribution in [0.2, 0.25) is 0 Å². The van der Waals surface area contributed by atoms with Crippen molar-refractivity contribution in [2.24, 2.45) is 0 Å². The summed E-state index contributed by atoms with van der Waals surface area (Å²) < 4.78 is 0. The van der Waals surface area contributed by atoms with Gasteiger partial charge in [0.25, 0.3) is 11.4 Å². The minimum atomic E-state index is -0.396. The van der Waals surface area contributed by atoms with Crippen molar-refractivity contribution in [3.05, 3.63) is 151 Å². The van der Waals surface area contributed by atoms with E-state index >= 15 is 0 Å². The highest BCUT2D eigenvalue weighted by molar-refractivity contribution is 6.09. The van der Waals surface area contributed by atoms with Crippen LogP contribution in [0.5, 0.6) is 0 Å². The first-order valence-corrected chi connectivity index (χ1v) is 10.6. The van der Waals surface area contributed by atoms with E-state index in [4.69, 9.17) is 0 Å². The number of nitro benzene ring substituents is 2. The number of rotatable bonds is 8. The second kappa shape index (κ2) is 9.87. The van der Waals surface area contributed by atoms with Crippen LogP contribution in [-0.4, -0.2) is 15.6 Å². The molecule has 168 valence electrons. The summed E-state index contributed by atoms with van der Waals surface area (Å²) in [7, 11) is 0. The first-order valence-electron chi connectivity index (χ1n) is 10.6. The molecule has 4 aromatic carbocycles. The number of carbonyl (C=O) groups is 1. The van der Waals surface area contributed by atoms with Gasteiger partial charge in [-0.15, -0.1) is 0 Å². The normalized spacial score (nSPS) is 10.6. The van der Waals surface area contributed by atoms with Crippen LogP contribution >= 0.6 is 0 Å². The third kappa shape index (κ3) is 5.05. The van der Waals surface area contributed by atoms with Crippen LogP contribution in [0.3, 0.4) is 0 Å². The number of benzene rings is 4. The smallest absolute Gasteiger partial charge is 0.272 e. The number of hydrogen-bond donors (Lipinski definition) is 0. The van der Waals surface area contributed by atoms with E-state index in [1.54, 1.807) is 84.9 Å². The minimum absolute atomic E-state index is 0.0728. The molecule has 4 aromatic rings. The number of para-hydroxylation sites is 2. The predicted octanol–water partition coefficient (Wildman–Crippen LogP) is 5.92. The molecule has 0 radical (unpaired) electrons. The molecule has 0 atom stereocenters. The quantitative estimate of drug-likeness (QED) is 0.188. The molecule has 0 aliphatic heterocycles. The van der Waals surface area contributed by atoms with Crippen molar-refractivity contribution in [1.82, 2.24) is 0 Å². The Bertz CT molecular complexity index is 1260. The lowest BCUT2D eigenvalue weighted by Crippen LogP contribution is -2.02. The van der Waals surface area contributed by atoms with Crippen LogP contribution in [0.4, 0.5) is 11.4 Å². The maximum absolute atomic E-state index is 12.9. The van der Waals surface area contributed by atoms with Crippen molar-refractivity contribution in [1.29, 1.82) is 0 Å². The van der Waals surface area contributed by atoms with Gasteiger partial charge in [-0.25, -0.2) is 0 Å². The lowest BCUT2D eigenvalue weighted by Gasteiger charge is -2.07. The monoisotopic (exact) mass is 452 g/mol. The van der Waals surface area contributed by atoms with E-state index in [0.29, 0.717) is 35.1 Å². The zero-order chi connectivity index (χ0) is 24.1. The van der Waals surface area contributed by atoms with Crippen molar-refractivity contribution in [2.75, 3.05) is 0 Å². The Hall–Kier alpha value is -4.65. The first-order chi connectivity index (χ1) is 16.4. The molecule has 0 aromatic heterocycles. The minimum Gasteiger partial charge on any atom is -0.289 e. The van der Waals surface area contributed by atoms with Crippen LogP contribution in [-0.2, 0) is 12.8 Å². The van der Waals surface area contributed by atoms with E-state index in [9.17, 15) is 25.0 Å². The Kier molecular flexibility index (Phi) is 6.54. The molecular weight excluding hydrogens is 432 g/mol. The van der Waals surface area contributed by atoms with Gasteiger partial charge in [-0.3, -0.25) is 25.0 Å². The van der Waals surface area contributed by atoms with Gasteiger partial charge < -0.3 is 0 Å². The van der Waals surface area contributed by atoms with Gasteiger partial charge >= 0.3 is 0 Å². The molecule has 0 unspecified atom stereocenters. The largest absolute Gasteiger partial charge is 0.289 e. The SMILES string of the molecule is O=C(c1ccc(Cc2ccccc2[N+](=O)[O-])cc1)c1ccc(Cc2ccccc2[N+](=O)[O-])cc1. The van der Waals surface area contributed by atoms with Crippen molar-refractivity contribution < 1.29 is 14.6 Å². The highest BCUT2D eigenvalue weighted by Gasteiger charge is 2.15. The summed E-state index contributed by atoms with van der Waals surface area (Å²) in [6.45, 7) is 0. The molecule has 0 amide bonds. The van der Waals surface area contributed by atoms with Crippen LogP contribution < -0.4 is 0 Å². The van der Waals surface area contributed by atoms with E-state index in [1.807, 2.05) is 0 Å². The van der Waals surface area contributed by atoms with Gasteiger partial charge in [0, 0.05) is 47.2 Å². The summed E-state index contributed by atoms with van der Waals surface area (Å²) in [5, 5.41) is 22.4. The third-order valence-corrected chi connectivity index (χ3v) is 5.60. The number of ketones is 1. The molecule has 0 aliphatic rings. The summed E-state index contributed by atoms with van der Waals surface area (Å²) in [5.41, 5.74) is 4.13. The number of hydrogen-bond acceptors (Lipinski definition) is 5. The lowest BCUT2D eigenvalue weighted by molar-refractivity contribution is -0.385. The Morgan fingerprint density at radius 1 is 0.559 bits per heavy atom. The second-order valence-electron chi connectivity index (χ2n) is 7.85. The maximum atomic E-state index is 12.9.